The smallest absolute Gasteiger partial charge is 0.219 e. The zero-order chi connectivity index (χ0) is 36.4. The van der Waals surface area contributed by atoms with Gasteiger partial charge in [-0.1, -0.05) is 0 Å². The van der Waals surface area contributed by atoms with Crippen LogP contribution in [0, 0.1) is 0 Å². The molecular formula is C24H46O23. The minimum Gasteiger partial charge on any atom is -0.394 e. The molecule has 0 spiro atoms. The Hall–Kier alpha value is -1.21. The Balaban J connectivity index is 0.000000389. The normalized spacial score (nSPS) is 43.0. The van der Waals surface area contributed by atoms with E-state index in [1.807, 2.05) is 0 Å². The first-order chi connectivity index (χ1) is 21.9. The zero-order valence-corrected chi connectivity index (χ0v) is 24.5. The second kappa shape index (κ2) is 19.8. The molecule has 18 N–H and O–H groups in total. The van der Waals surface area contributed by atoms with Gasteiger partial charge in [0.15, 0.2) is 18.9 Å². The van der Waals surface area contributed by atoms with Crippen LogP contribution in [0.1, 0.15) is 0 Å². The topological polar surface area (TPSA) is 418 Å². The van der Waals surface area contributed by atoms with Crippen LogP contribution in [0.3, 0.4) is 0 Å². The number of hydrogen-bond donors (Lipinski definition) is 18. The lowest BCUT2D eigenvalue weighted by Crippen LogP contribution is -2.64. The Morgan fingerprint density at radius 2 is 1.21 bits per heavy atom. The second-order valence-electron chi connectivity index (χ2n) is 10.7. The average Bonchev–Trinajstić information content (AvgIpc) is 3.30. The molecule has 23 heteroatoms. The van der Waals surface area contributed by atoms with E-state index in [0.717, 1.165) is 0 Å². The van der Waals surface area contributed by atoms with Crippen LogP contribution in [0.2, 0.25) is 0 Å². The number of hydrogen-bond acceptors (Lipinski definition) is 23. The highest BCUT2D eigenvalue weighted by molar-refractivity contribution is 5.56. The third-order valence-corrected chi connectivity index (χ3v) is 7.33. The summed E-state index contributed by atoms with van der Waals surface area (Å²) >= 11 is 0. The summed E-state index contributed by atoms with van der Waals surface area (Å²) < 4.78 is 19.9. The Morgan fingerprint density at radius 1 is 0.660 bits per heavy atom. The molecule has 3 aliphatic rings. The Morgan fingerprint density at radius 3 is 1.64 bits per heavy atom. The molecule has 3 aliphatic heterocycles. The minimum atomic E-state index is -2.16. The summed E-state index contributed by atoms with van der Waals surface area (Å²) in [6.07, 6.45) is -26.4. The van der Waals surface area contributed by atoms with Crippen LogP contribution >= 0.6 is 0 Å². The Kier molecular flexibility index (Phi) is 18.5. The van der Waals surface area contributed by atoms with Crippen LogP contribution in [-0.4, -0.2) is 241 Å². The molecule has 0 unspecified atom stereocenters. The molecule has 3 fully saturated rings. The Bertz CT molecular complexity index is 884. The highest BCUT2D eigenvalue weighted by Crippen LogP contribution is 2.29. The predicted octanol–water partition coefficient (Wildman–Crippen LogP) is -12.0. The van der Waals surface area contributed by atoms with Crippen molar-refractivity contribution in [1.29, 1.82) is 0 Å². The summed E-state index contributed by atoms with van der Waals surface area (Å²) in [5.41, 5.74) is 0. The molecule has 3 heterocycles. The van der Waals surface area contributed by atoms with E-state index in [0.29, 0.717) is 0 Å². The van der Waals surface area contributed by atoms with Gasteiger partial charge in [0, 0.05) is 0 Å². The van der Waals surface area contributed by atoms with Crippen molar-refractivity contribution in [2.75, 3.05) is 33.0 Å². The van der Waals surface area contributed by atoms with Crippen LogP contribution in [0.5, 0.6) is 0 Å². The third kappa shape index (κ3) is 10.9. The molecule has 0 aromatic rings. The van der Waals surface area contributed by atoms with Gasteiger partial charge in [0.25, 0.3) is 0 Å². The second-order valence-corrected chi connectivity index (χ2v) is 10.7. The SMILES string of the molecule is O=C[C@H](O)[C@@H](O)[C@H](O)[C@H](O)CO.OC[C@H]1O[C@H](O[C@H]2[C@H](O)[C@@H](O)[C@H](O)O[C@@H]2CO)[C@H](O)[C@@H](O)[C@@H]1O.OC[C@H]1O[C@](O)(CO)[C@@H](O)[C@@H]1O. The molecule has 280 valence electrons. The van der Waals surface area contributed by atoms with E-state index in [1.54, 1.807) is 0 Å². The summed E-state index contributed by atoms with van der Waals surface area (Å²) in [4.78, 5) is 9.90. The molecule has 0 amide bonds. The lowest BCUT2D eigenvalue weighted by atomic mass is 9.97. The van der Waals surface area contributed by atoms with Crippen molar-refractivity contribution in [3.8, 4) is 0 Å². The summed E-state index contributed by atoms with van der Waals surface area (Å²) in [6, 6.07) is 0. The maximum Gasteiger partial charge on any atom is 0.219 e. The fourth-order valence-electron chi connectivity index (χ4n) is 4.34. The van der Waals surface area contributed by atoms with Crippen LogP contribution in [0.4, 0.5) is 0 Å². The lowest BCUT2D eigenvalue weighted by molar-refractivity contribution is -0.355. The zero-order valence-electron chi connectivity index (χ0n) is 24.5. The van der Waals surface area contributed by atoms with Crippen LogP contribution < -0.4 is 0 Å². The van der Waals surface area contributed by atoms with Crippen molar-refractivity contribution in [2.24, 2.45) is 0 Å². The highest BCUT2D eigenvalue weighted by Gasteiger charge is 2.53. The molecule has 18 atom stereocenters. The molecule has 3 saturated heterocycles. The van der Waals surface area contributed by atoms with Gasteiger partial charge in [-0.15, -0.1) is 0 Å². The standard InChI is InChI=1S/C12H22O11.2C6H12O6/c13-1-3-5(15)6(16)9(19)12(22-3)23-10-4(2-14)21-11(20)8(18)7(10)17;7-1-3-4(9)5(10)6(11,2-8)12-3;7-1-3(9)5(11)6(12)4(10)2-8/h3-20H,1-2H2;3-5,7-11H,1-2H2;1,3-6,8-12H,2H2/t3-,4-,5-,6+,7-,8-,9-,10-,11-,12-;3-,4-,5+,6-;3-,4+,5+,6+/m110/s1. The van der Waals surface area contributed by atoms with E-state index in [2.05, 4.69) is 4.74 Å². The van der Waals surface area contributed by atoms with Crippen molar-refractivity contribution in [3.05, 3.63) is 0 Å². The minimum absolute atomic E-state index is 0.0258. The van der Waals surface area contributed by atoms with Crippen LogP contribution in [0.15, 0.2) is 0 Å². The van der Waals surface area contributed by atoms with Crippen molar-refractivity contribution < 1.29 is 116 Å². The van der Waals surface area contributed by atoms with Gasteiger partial charge < -0.3 is 116 Å². The van der Waals surface area contributed by atoms with Gasteiger partial charge in [-0.25, -0.2) is 0 Å². The number of ether oxygens (including phenoxy) is 4. The van der Waals surface area contributed by atoms with Gasteiger partial charge in [0.05, 0.1) is 33.0 Å². The van der Waals surface area contributed by atoms with Crippen molar-refractivity contribution in [2.45, 2.75) is 110 Å². The first-order valence-corrected chi connectivity index (χ1v) is 13.9. The molecule has 23 nitrogen and oxygen atoms in total. The number of aliphatic hydroxyl groups is 18. The molecule has 47 heavy (non-hydrogen) atoms. The summed E-state index contributed by atoms with van der Waals surface area (Å²) in [5, 5.41) is 165. The van der Waals surface area contributed by atoms with Crippen molar-refractivity contribution in [3.63, 3.8) is 0 Å². The summed E-state index contributed by atoms with van der Waals surface area (Å²) in [5.74, 6) is -2.16. The fourth-order valence-corrected chi connectivity index (χ4v) is 4.34. The van der Waals surface area contributed by atoms with Gasteiger partial charge in [-0.2, -0.15) is 0 Å². The lowest BCUT2D eigenvalue weighted by Gasteiger charge is -2.45. The molecule has 0 aromatic carbocycles. The number of aliphatic hydroxyl groups excluding tert-OH is 17. The van der Waals surface area contributed by atoms with E-state index in [9.17, 15) is 45.6 Å². The van der Waals surface area contributed by atoms with Crippen LogP contribution in [0.25, 0.3) is 0 Å². The summed E-state index contributed by atoms with van der Waals surface area (Å²) in [6.45, 7) is -3.46. The summed E-state index contributed by atoms with van der Waals surface area (Å²) in [7, 11) is 0. The van der Waals surface area contributed by atoms with Gasteiger partial charge in [0.2, 0.25) is 5.79 Å². The maximum atomic E-state index is 9.94. The molecule has 0 aromatic heterocycles. The van der Waals surface area contributed by atoms with Gasteiger partial charge in [-0.3, -0.25) is 0 Å². The molecule has 0 saturated carbocycles. The highest BCUT2D eigenvalue weighted by atomic mass is 16.7. The predicted molar refractivity (Wildman–Crippen MR) is 142 cm³/mol. The monoisotopic (exact) mass is 702 g/mol. The number of carbonyl (C=O) groups excluding carboxylic acids is 1. The van der Waals surface area contributed by atoms with E-state index in [-0.39, 0.29) is 6.29 Å². The molecule has 3 rings (SSSR count). The van der Waals surface area contributed by atoms with Crippen LogP contribution in [-0.2, 0) is 23.7 Å². The fraction of sp³-hybridized carbons (Fsp3) is 0.958. The van der Waals surface area contributed by atoms with E-state index < -0.39 is 143 Å². The van der Waals surface area contributed by atoms with Crippen molar-refractivity contribution >= 4 is 6.29 Å². The first kappa shape index (κ1) is 43.8. The molecule has 0 radical (unpaired) electrons. The first-order valence-electron chi connectivity index (χ1n) is 13.9. The quantitative estimate of drug-likeness (QED) is 0.0888. The molecule has 0 bridgehead atoms. The van der Waals surface area contributed by atoms with E-state index in [4.69, 9.17) is 65.3 Å². The van der Waals surface area contributed by atoms with E-state index in [1.165, 1.54) is 0 Å². The number of carbonyl (C=O) groups is 1. The van der Waals surface area contributed by atoms with Gasteiger partial charge in [0.1, 0.15) is 91.6 Å². The van der Waals surface area contributed by atoms with Crippen molar-refractivity contribution in [1.82, 2.24) is 0 Å². The molecular weight excluding hydrogens is 656 g/mol. The third-order valence-electron chi connectivity index (χ3n) is 7.33. The average molecular weight is 703 g/mol. The van der Waals surface area contributed by atoms with E-state index >= 15 is 0 Å². The number of aldehydes is 1. The maximum absolute atomic E-state index is 9.94. The van der Waals surface area contributed by atoms with Gasteiger partial charge >= 0.3 is 0 Å². The largest absolute Gasteiger partial charge is 0.394 e. The molecule has 0 aliphatic carbocycles. The van der Waals surface area contributed by atoms with Gasteiger partial charge in [-0.05, 0) is 0 Å². The number of rotatable bonds is 11. The Labute approximate surface area is 265 Å².